The van der Waals surface area contributed by atoms with E-state index in [-0.39, 0.29) is 71.3 Å². The van der Waals surface area contributed by atoms with Crippen LogP contribution in [-0.2, 0) is 28.7 Å². The van der Waals surface area contributed by atoms with Crippen molar-refractivity contribution in [2.45, 2.75) is 120 Å². The fourth-order valence-corrected chi connectivity index (χ4v) is 16.9. The number of amides is 2. The molecule has 7 heterocycles. The minimum Gasteiger partial charge on any atom is -0.427 e. The summed E-state index contributed by atoms with van der Waals surface area (Å²) < 4.78 is 13.0. The lowest BCUT2D eigenvalue weighted by Crippen LogP contribution is -2.54. The van der Waals surface area contributed by atoms with E-state index in [1.54, 1.807) is 10.8 Å². The molecule has 13 aliphatic rings. The molecule has 11 nitrogen and oxygen atoms in total. The van der Waals surface area contributed by atoms with Gasteiger partial charge < -0.3 is 30.3 Å². The van der Waals surface area contributed by atoms with Crippen molar-refractivity contribution < 1.29 is 38.9 Å². The van der Waals surface area contributed by atoms with Crippen molar-refractivity contribution in [3.05, 3.63) is 93.3 Å². The van der Waals surface area contributed by atoms with E-state index in [4.69, 9.17) is 9.47 Å². The predicted octanol–water partition coefficient (Wildman–Crippen LogP) is 7.93. The largest absolute Gasteiger partial charge is 0.427 e. The second kappa shape index (κ2) is 16.8. The summed E-state index contributed by atoms with van der Waals surface area (Å²) in [7, 11) is 3.09. The van der Waals surface area contributed by atoms with Gasteiger partial charge in [-0.3, -0.25) is 14.5 Å². The van der Waals surface area contributed by atoms with E-state index < -0.39 is 22.7 Å². The molecular formula is C51H61N3O8S2. The molecule has 9 bridgehead atoms. The molecular weight excluding hydrogens is 847 g/mol. The van der Waals surface area contributed by atoms with Crippen molar-refractivity contribution >= 4 is 45.3 Å². The molecule has 0 aromatic rings. The van der Waals surface area contributed by atoms with E-state index in [2.05, 4.69) is 47.9 Å². The monoisotopic (exact) mass is 907 g/mol. The molecule has 0 aromatic heterocycles. The van der Waals surface area contributed by atoms with Crippen molar-refractivity contribution in [3.8, 4) is 0 Å². The first-order valence-electron chi connectivity index (χ1n) is 24.3. The predicted molar refractivity (Wildman–Crippen MR) is 245 cm³/mol. The number of nitrogens with zero attached hydrogens (tertiary/aromatic N) is 1. The van der Waals surface area contributed by atoms with Crippen molar-refractivity contribution in [1.29, 1.82) is 0 Å². The number of hydrogen-bond acceptors (Lipinski definition) is 12. The Morgan fingerprint density at radius 3 is 2.48 bits per heavy atom. The molecule has 4 fully saturated rings. The van der Waals surface area contributed by atoms with Gasteiger partial charge in [0, 0.05) is 66.3 Å². The van der Waals surface area contributed by atoms with Gasteiger partial charge in [-0.1, -0.05) is 72.4 Å². The fraction of sp³-hybridized carbons (Fsp3) is 0.608. The Bertz CT molecular complexity index is 2270. The van der Waals surface area contributed by atoms with E-state index in [1.165, 1.54) is 40.7 Å². The normalized spacial score (nSPS) is 38.9. The van der Waals surface area contributed by atoms with Gasteiger partial charge in [0.2, 0.25) is 0 Å². The highest BCUT2D eigenvalue weighted by atomic mass is 33.1. The van der Waals surface area contributed by atoms with Gasteiger partial charge in [-0.2, -0.15) is 0 Å². The number of hydrogen-bond donors (Lipinski definition) is 4. The third-order valence-electron chi connectivity index (χ3n) is 17.5. The van der Waals surface area contributed by atoms with E-state index in [0.29, 0.717) is 54.4 Å². The number of carbonyl (C=O) groups is 4. The molecule has 3 saturated carbocycles. The molecule has 6 aliphatic carbocycles. The maximum absolute atomic E-state index is 15.2. The van der Waals surface area contributed by atoms with Crippen LogP contribution in [0.15, 0.2) is 93.3 Å². The third-order valence-corrected chi connectivity index (χ3v) is 20.2. The Kier molecular flexibility index (Phi) is 11.3. The lowest BCUT2D eigenvalue weighted by Gasteiger charge is -2.57. The number of allylic oxidation sites excluding steroid dienone is 6. The number of cyclic esters (lactones) is 1. The SMILES string of the molecule is CCC1(/C=C2\OC(=O)C3=C2CC[C@H]2[C@@H]4CC[C@@]5(C6=C4[C@@H](CN4C(=O)C=CC4=O)C4=CCNC7=C4C=C[C@H](N7)SS[C@H](O)[C@H](C4CCC(CCCO)CC4)C/C=C\5OC6=O)[C@@H]32)CCCC1. The van der Waals surface area contributed by atoms with Gasteiger partial charge in [0.25, 0.3) is 11.8 Å². The Labute approximate surface area is 383 Å². The maximum Gasteiger partial charge on any atom is 0.340 e. The molecule has 1 saturated heterocycles. The number of aliphatic hydroxyl groups excluding tert-OH is 2. The summed E-state index contributed by atoms with van der Waals surface area (Å²) >= 11 is 0. The molecule has 0 aromatic carbocycles. The highest BCUT2D eigenvalue weighted by Gasteiger charge is 2.69. The van der Waals surface area contributed by atoms with Gasteiger partial charge in [-0.05, 0) is 129 Å². The lowest BCUT2D eigenvalue weighted by atomic mass is 9.43. The van der Waals surface area contributed by atoms with Gasteiger partial charge >= 0.3 is 11.9 Å². The number of fused-ring (bicyclic) bond motifs is 6. The van der Waals surface area contributed by atoms with Crippen LogP contribution in [0.2, 0.25) is 0 Å². The second-order valence-electron chi connectivity index (χ2n) is 20.4. The van der Waals surface area contributed by atoms with E-state index in [1.807, 2.05) is 0 Å². The molecule has 0 radical (unpaired) electrons. The van der Waals surface area contributed by atoms with Crippen LogP contribution in [0, 0.1) is 52.3 Å². The van der Waals surface area contributed by atoms with Gasteiger partial charge in [-0.25, -0.2) is 9.59 Å². The summed E-state index contributed by atoms with van der Waals surface area (Å²) in [6.45, 7) is 3.04. The Balaban J connectivity index is 1.09. The van der Waals surface area contributed by atoms with Gasteiger partial charge in [0.05, 0.1) is 11.0 Å². The van der Waals surface area contributed by atoms with Crippen LogP contribution in [0.4, 0.5) is 0 Å². The third kappa shape index (κ3) is 6.90. The Morgan fingerprint density at radius 2 is 1.72 bits per heavy atom. The van der Waals surface area contributed by atoms with Crippen LogP contribution in [-0.4, -0.2) is 69.4 Å². The summed E-state index contributed by atoms with van der Waals surface area (Å²) in [6, 6.07) is 0. The summed E-state index contributed by atoms with van der Waals surface area (Å²) in [5, 5.41) is 28.9. The highest BCUT2D eigenvalue weighted by Crippen LogP contribution is 2.72. The second-order valence-corrected chi connectivity index (χ2v) is 22.9. The van der Waals surface area contributed by atoms with E-state index in [9.17, 15) is 24.6 Å². The number of ether oxygens (including phenoxy) is 2. The van der Waals surface area contributed by atoms with Gasteiger partial charge in [0.15, 0.2) is 0 Å². The van der Waals surface area contributed by atoms with Gasteiger partial charge in [-0.15, -0.1) is 0 Å². The minimum atomic E-state index is -0.959. The topological polar surface area (TPSA) is 154 Å². The van der Waals surface area contributed by atoms with Gasteiger partial charge in [0.1, 0.15) is 28.1 Å². The molecule has 340 valence electrons. The van der Waals surface area contributed by atoms with Crippen molar-refractivity contribution in [1.82, 2.24) is 15.5 Å². The number of esters is 2. The molecule has 2 amide bonds. The molecule has 64 heavy (non-hydrogen) atoms. The fourth-order valence-electron chi connectivity index (χ4n) is 14.4. The number of rotatable bonds is 8. The average molecular weight is 908 g/mol. The molecule has 13 heteroatoms. The molecule has 4 N–H and O–H groups in total. The Hall–Kier alpha value is -3.78. The Morgan fingerprint density at radius 1 is 0.922 bits per heavy atom. The van der Waals surface area contributed by atoms with E-state index >= 15 is 4.79 Å². The number of carbonyl (C=O) groups excluding carboxylic acids is 4. The van der Waals surface area contributed by atoms with Crippen LogP contribution >= 0.6 is 21.6 Å². The smallest absolute Gasteiger partial charge is 0.340 e. The molecule has 13 rings (SSSR count). The van der Waals surface area contributed by atoms with Crippen LogP contribution in [0.1, 0.15) is 110 Å². The molecule has 8 atom stereocenters. The zero-order chi connectivity index (χ0) is 43.9. The maximum atomic E-state index is 15.2. The van der Waals surface area contributed by atoms with Crippen LogP contribution < -0.4 is 10.6 Å². The first-order valence-corrected chi connectivity index (χ1v) is 26.5. The van der Waals surface area contributed by atoms with Crippen LogP contribution in [0.3, 0.4) is 0 Å². The summed E-state index contributed by atoms with van der Waals surface area (Å²) in [4.78, 5) is 58.0. The first-order chi connectivity index (χ1) is 31.1. The summed E-state index contributed by atoms with van der Waals surface area (Å²) in [5.41, 5.74) is 3.48. The zero-order valence-corrected chi connectivity index (χ0v) is 38.4. The van der Waals surface area contributed by atoms with Crippen LogP contribution in [0.5, 0.6) is 0 Å². The molecule has 0 unspecified atom stereocenters. The minimum absolute atomic E-state index is 0.00475. The summed E-state index contributed by atoms with van der Waals surface area (Å²) in [6.07, 6.45) is 28.2. The number of imide groups is 1. The van der Waals surface area contributed by atoms with Crippen molar-refractivity contribution in [3.63, 3.8) is 0 Å². The molecule has 7 aliphatic heterocycles. The van der Waals surface area contributed by atoms with Crippen molar-refractivity contribution in [2.24, 2.45) is 52.3 Å². The number of nitrogens with one attached hydrogen (secondary N) is 2. The lowest BCUT2D eigenvalue weighted by molar-refractivity contribution is -0.138. The highest BCUT2D eigenvalue weighted by molar-refractivity contribution is 8.77. The van der Waals surface area contributed by atoms with Crippen LogP contribution in [0.25, 0.3) is 0 Å². The molecule has 1 spiro atoms. The van der Waals surface area contributed by atoms with E-state index in [0.717, 1.165) is 98.7 Å². The standard InChI is InChI=1S/C51H61N3O8S2/c1-2-50(21-3-4-22-50)26-37-35-12-11-33-32-19-23-51(44(33)43(35)47(58)61-37)38-15-13-30(29-9-7-28(8-10-29)6-5-25-55)49(60)64-63-39-16-14-34-31(20-24-52-46(34)53-39)36(42(32)45(51)48(59)62-38)27-54-40(56)17-18-41(54)57/h14-18,20,26,28-30,32-33,36,39,44,49,52-53,55,60H,2-13,19,21-25,27H2,1H3/b37-26-,38-15+/t28?,29?,30-,32-,33-,36-,39+,44+,49-,51-/m0/s1. The first kappa shape index (κ1) is 42.8. The average Bonchev–Trinajstić information content (AvgIpc) is 4.07. The quantitative estimate of drug-likeness (QED) is 0.106. The summed E-state index contributed by atoms with van der Waals surface area (Å²) in [5.74, 6) is 0.498. The van der Waals surface area contributed by atoms with Crippen molar-refractivity contribution in [2.75, 3.05) is 19.7 Å². The zero-order valence-electron chi connectivity index (χ0n) is 36.8. The number of dihydropyridines is 2. The number of aliphatic hydroxyl groups is 2.